The van der Waals surface area contributed by atoms with Gasteiger partial charge in [0.05, 0.1) is 38.3 Å². The average molecular weight is 316 g/mol. The standard InChI is InChI=1S/C16H30N2O2S/c1-15-9-11-16(12-10-15)21(19,20,17-2)14-8-6-7-13-18(3,4)5/h9-12H,6-8,13-14H2,1-5H3,(H-,17,19,20)/p+1. The Morgan fingerprint density at radius 3 is 2.14 bits per heavy atom. The van der Waals surface area contributed by atoms with Crippen LogP contribution in [0.25, 0.3) is 0 Å². The third-order valence-corrected chi connectivity index (χ3v) is 6.91. The van der Waals surface area contributed by atoms with Crippen molar-refractivity contribution in [1.29, 1.82) is 0 Å². The fraction of sp³-hybridized carbons (Fsp3) is 0.625. The number of hydrogen-bond donors (Lipinski definition) is 2. The molecule has 0 aromatic heterocycles. The van der Waals surface area contributed by atoms with Gasteiger partial charge in [-0.05, 0) is 38.3 Å². The zero-order valence-corrected chi connectivity index (χ0v) is 14.9. The maximum Gasteiger partial charge on any atom is 0.0780 e. The lowest BCUT2D eigenvalue weighted by molar-refractivity contribution is -0.870. The van der Waals surface area contributed by atoms with Crippen molar-refractivity contribution in [3.05, 3.63) is 29.8 Å². The van der Waals surface area contributed by atoms with Crippen LogP contribution >= 0.6 is 0 Å². The zero-order valence-electron chi connectivity index (χ0n) is 14.1. The molecule has 0 amide bonds. The second kappa shape index (κ2) is 6.57. The lowest BCUT2D eigenvalue weighted by Gasteiger charge is -2.43. The number of aryl methyl sites for hydroxylation is 1. The molecule has 0 fully saturated rings. The Labute approximate surface area is 129 Å². The van der Waals surface area contributed by atoms with Crippen molar-refractivity contribution in [2.24, 2.45) is 0 Å². The zero-order chi connectivity index (χ0) is 16.2. The Morgan fingerprint density at radius 1 is 1.10 bits per heavy atom. The molecule has 0 radical (unpaired) electrons. The van der Waals surface area contributed by atoms with Crippen molar-refractivity contribution in [2.45, 2.75) is 31.1 Å². The van der Waals surface area contributed by atoms with E-state index in [4.69, 9.17) is 0 Å². The van der Waals surface area contributed by atoms with E-state index in [9.17, 15) is 8.76 Å². The summed E-state index contributed by atoms with van der Waals surface area (Å²) in [6, 6.07) is 7.28. The molecule has 0 spiro atoms. The minimum Gasteiger partial charge on any atom is -0.331 e. The summed E-state index contributed by atoms with van der Waals surface area (Å²) in [7, 11) is 4.13. The van der Waals surface area contributed by atoms with Gasteiger partial charge in [0.15, 0.2) is 0 Å². The third kappa shape index (κ3) is 5.51. The SMILES string of the molecule is CNS(=O)(O)(CCCCC[N+](C)(C)C)c1ccc(C)cc1. The highest BCUT2D eigenvalue weighted by Gasteiger charge is 2.27. The molecule has 1 aromatic carbocycles. The molecule has 2 N–H and O–H groups in total. The smallest absolute Gasteiger partial charge is 0.0780 e. The summed E-state index contributed by atoms with van der Waals surface area (Å²) in [5, 5.41) is 0. The molecule has 122 valence electrons. The molecule has 0 atom stereocenters. The van der Waals surface area contributed by atoms with Crippen LogP contribution in [0.15, 0.2) is 29.2 Å². The average Bonchev–Trinajstić information content (AvgIpc) is 2.38. The van der Waals surface area contributed by atoms with Crippen molar-refractivity contribution >= 4 is 9.53 Å². The minimum absolute atomic E-state index is 0.272. The highest BCUT2D eigenvalue weighted by Crippen LogP contribution is 2.30. The van der Waals surface area contributed by atoms with Gasteiger partial charge in [0.25, 0.3) is 0 Å². The Balaban J connectivity index is 2.67. The number of quaternary nitrogens is 1. The van der Waals surface area contributed by atoms with E-state index in [2.05, 4.69) is 25.9 Å². The van der Waals surface area contributed by atoms with Gasteiger partial charge in [-0.2, -0.15) is 4.21 Å². The number of hydrogen-bond acceptors (Lipinski definition) is 1. The molecule has 21 heavy (non-hydrogen) atoms. The maximum atomic E-state index is 13.1. The molecule has 0 bridgehead atoms. The van der Waals surface area contributed by atoms with E-state index >= 15 is 0 Å². The van der Waals surface area contributed by atoms with Crippen molar-refractivity contribution in [2.75, 3.05) is 40.5 Å². The van der Waals surface area contributed by atoms with Gasteiger partial charge in [0.1, 0.15) is 0 Å². The first-order valence-electron chi connectivity index (χ1n) is 7.53. The highest BCUT2D eigenvalue weighted by molar-refractivity contribution is 8.13. The second-order valence-electron chi connectivity index (χ2n) is 6.86. The summed E-state index contributed by atoms with van der Waals surface area (Å²) >= 11 is 0. The van der Waals surface area contributed by atoms with E-state index in [-0.39, 0.29) is 5.75 Å². The predicted molar refractivity (Wildman–Crippen MR) is 90.9 cm³/mol. The Kier molecular flexibility index (Phi) is 5.72. The maximum absolute atomic E-state index is 13.1. The van der Waals surface area contributed by atoms with Crippen molar-refractivity contribution in [3.8, 4) is 0 Å². The van der Waals surface area contributed by atoms with Crippen LogP contribution in [0.1, 0.15) is 24.8 Å². The normalized spacial score (nSPS) is 14.7. The molecule has 0 saturated heterocycles. The number of rotatable bonds is 8. The number of nitrogens with one attached hydrogen (secondary N) is 1. The molecule has 5 heteroatoms. The monoisotopic (exact) mass is 315 g/mol. The van der Waals surface area contributed by atoms with Crippen molar-refractivity contribution in [1.82, 2.24) is 4.72 Å². The quantitative estimate of drug-likeness (QED) is 0.572. The molecule has 0 saturated carbocycles. The Bertz CT molecular complexity index is 520. The van der Waals surface area contributed by atoms with Crippen LogP contribution in [-0.2, 0) is 9.53 Å². The first-order chi connectivity index (χ1) is 9.56. The number of unbranched alkanes of at least 4 members (excludes halogenated alkanes) is 2. The summed E-state index contributed by atoms with van der Waals surface area (Å²) in [6.45, 7) is 3.06. The summed E-state index contributed by atoms with van der Waals surface area (Å²) in [5.41, 5.74) is 1.09. The van der Waals surface area contributed by atoms with Crippen molar-refractivity contribution < 1.29 is 13.2 Å². The highest BCUT2D eigenvalue weighted by atomic mass is 32.3. The molecule has 0 aliphatic rings. The summed E-state index contributed by atoms with van der Waals surface area (Å²) in [6.07, 6.45) is 2.79. The number of benzene rings is 1. The fourth-order valence-corrected chi connectivity index (χ4v) is 4.40. The van der Waals surface area contributed by atoms with Gasteiger partial charge in [-0.1, -0.05) is 17.7 Å². The molecular weight excluding hydrogens is 284 g/mol. The van der Waals surface area contributed by atoms with Gasteiger partial charge in [-0.3, -0.25) is 4.55 Å². The second-order valence-corrected chi connectivity index (χ2v) is 10.3. The largest absolute Gasteiger partial charge is 0.331 e. The van der Waals surface area contributed by atoms with E-state index in [1.165, 1.54) is 0 Å². The lowest BCUT2D eigenvalue weighted by atomic mass is 10.2. The van der Waals surface area contributed by atoms with Crippen LogP contribution in [0.5, 0.6) is 0 Å². The first kappa shape index (κ1) is 18.3. The van der Waals surface area contributed by atoms with Gasteiger partial charge >= 0.3 is 0 Å². The van der Waals surface area contributed by atoms with Gasteiger partial charge < -0.3 is 4.48 Å². The molecule has 0 unspecified atom stereocenters. The van der Waals surface area contributed by atoms with Gasteiger partial charge in [0.2, 0.25) is 0 Å². The molecule has 0 aliphatic carbocycles. The van der Waals surface area contributed by atoms with Crippen molar-refractivity contribution in [3.63, 3.8) is 0 Å². The van der Waals surface area contributed by atoms with E-state index in [1.807, 2.05) is 19.1 Å². The van der Waals surface area contributed by atoms with Crippen LogP contribution in [0, 0.1) is 6.92 Å². The molecule has 0 aliphatic heterocycles. The summed E-state index contributed by atoms with van der Waals surface area (Å²) in [4.78, 5) is 0.492. The van der Waals surface area contributed by atoms with Gasteiger partial charge in [-0.25, -0.2) is 4.72 Å². The molecule has 1 aromatic rings. The van der Waals surface area contributed by atoms with Crippen LogP contribution in [0.3, 0.4) is 0 Å². The Morgan fingerprint density at radius 2 is 1.67 bits per heavy atom. The van der Waals surface area contributed by atoms with Crippen LogP contribution in [0.4, 0.5) is 0 Å². The third-order valence-electron chi connectivity index (χ3n) is 3.78. The van der Waals surface area contributed by atoms with E-state index in [0.717, 1.165) is 35.9 Å². The van der Waals surface area contributed by atoms with Crippen LogP contribution in [0.2, 0.25) is 0 Å². The van der Waals surface area contributed by atoms with Gasteiger partial charge in [0, 0.05) is 7.05 Å². The Hall–Kier alpha value is -0.750. The summed E-state index contributed by atoms with van der Waals surface area (Å²) in [5.74, 6) is 0.272. The fourth-order valence-electron chi connectivity index (χ4n) is 2.29. The number of nitrogens with zero attached hydrogens (tertiary/aromatic N) is 1. The van der Waals surface area contributed by atoms with E-state index in [1.54, 1.807) is 19.2 Å². The predicted octanol–water partition coefficient (Wildman–Crippen LogP) is 2.66. The topological polar surface area (TPSA) is 49.3 Å². The summed E-state index contributed by atoms with van der Waals surface area (Å²) < 4.78 is 27.4. The molecule has 4 nitrogen and oxygen atoms in total. The van der Waals surface area contributed by atoms with Gasteiger partial charge in [-0.15, -0.1) is 9.53 Å². The van der Waals surface area contributed by atoms with E-state index < -0.39 is 9.53 Å². The van der Waals surface area contributed by atoms with Crippen LogP contribution in [-0.4, -0.2) is 53.7 Å². The molecular formula is C16H31N2O2S+. The van der Waals surface area contributed by atoms with E-state index in [0.29, 0.717) is 4.90 Å². The lowest BCUT2D eigenvalue weighted by Crippen LogP contribution is -2.48. The molecule has 0 heterocycles. The molecule has 1 rings (SSSR count). The van der Waals surface area contributed by atoms with Crippen LogP contribution < -0.4 is 4.72 Å². The first-order valence-corrected chi connectivity index (χ1v) is 9.62. The minimum atomic E-state index is -3.93.